The smallest absolute Gasteiger partial charge is 0.337 e. The zero-order chi connectivity index (χ0) is 31.1. The first kappa shape index (κ1) is 31.1. The van der Waals surface area contributed by atoms with E-state index in [4.69, 9.17) is 9.72 Å². The number of fused-ring (bicyclic) bond motifs is 1. The van der Waals surface area contributed by atoms with E-state index in [9.17, 15) is 14.3 Å². The third kappa shape index (κ3) is 7.10. The molecular formula is C36H46FN3O3. The number of benzene rings is 2. The van der Waals surface area contributed by atoms with Crippen LogP contribution in [0.5, 0.6) is 0 Å². The SMILES string of the molecule is Cc1cc(F)ccc1CN1CCc2cc(-c3cnc(C)c([C@H](OC(C)(C)C)C(=O)O)c3N3CCC(C)(C)CC3)ccc2C1. The van der Waals surface area contributed by atoms with Gasteiger partial charge >= 0.3 is 5.97 Å². The number of anilines is 1. The number of rotatable bonds is 7. The van der Waals surface area contributed by atoms with Crippen LogP contribution in [-0.4, -0.2) is 46.2 Å². The van der Waals surface area contributed by atoms with Crippen molar-refractivity contribution >= 4 is 11.7 Å². The van der Waals surface area contributed by atoms with Crippen molar-refractivity contribution in [3.63, 3.8) is 0 Å². The Labute approximate surface area is 255 Å². The molecule has 0 spiro atoms. The second-order valence-corrected chi connectivity index (χ2v) is 14.1. The number of pyridine rings is 1. The van der Waals surface area contributed by atoms with Crippen LogP contribution in [-0.2, 0) is 29.0 Å². The number of carbonyl (C=O) groups is 1. The maximum atomic E-state index is 13.6. The first-order valence-electron chi connectivity index (χ1n) is 15.5. The number of aryl methyl sites for hydroxylation is 2. The molecule has 2 aliphatic rings. The van der Waals surface area contributed by atoms with Crippen LogP contribution in [0.3, 0.4) is 0 Å². The van der Waals surface area contributed by atoms with Crippen LogP contribution in [0, 0.1) is 25.1 Å². The molecule has 5 rings (SSSR count). The fraction of sp³-hybridized carbons (Fsp3) is 0.500. The van der Waals surface area contributed by atoms with Crippen molar-refractivity contribution in [2.75, 3.05) is 24.5 Å². The summed E-state index contributed by atoms with van der Waals surface area (Å²) < 4.78 is 19.8. The zero-order valence-corrected chi connectivity index (χ0v) is 26.8. The molecule has 0 amide bonds. The summed E-state index contributed by atoms with van der Waals surface area (Å²) in [6.45, 7) is 18.4. The number of piperidine rings is 1. The molecule has 2 aromatic carbocycles. The summed E-state index contributed by atoms with van der Waals surface area (Å²) in [5.41, 5.74) is 8.60. The van der Waals surface area contributed by atoms with E-state index in [2.05, 4.69) is 41.8 Å². The Morgan fingerprint density at radius 2 is 1.79 bits per heavy atom. The van der Waals surface area contributed by atoms with Gasteiger partial charge in [0.05, 0.1) is 11.3 Å². The third-order valence-corrected chi connectivity index (χ3v) is 8.99. The Balaban J connectivity index is 1.52. The lowest BCUT2D eigenvalue weighted by atomic mass is 9.82. The van der Waals surface area contributed by atoms with Gasteiger partial charge in [-0.05, 0) is 99.2 Å². The van der Waals surface area contributed by atoms with Crippen LogP contribution in [0.2, 0.25) is 0 Å². The van der Waals surface area contributed by atoms with Crippen molar-refractivity contribution in [2.45, 2.75) is 92.5 Å². The van der Waals surface area contributed by atoms with Crippen LogP contribution >= 0.6 is 0 Å². The van der Waals surface area contributed by atoms with E-state index >= 15 is 0 Å². The minimum Gasteiger partial charge on any atom is -0.479 e. The molecule has 0 radical (unpaired) electrons. The largest absolute Gasteiger partial charge is 0.479 e. The third-order valence-electron chi connectivity index (χ3n) is 8.99. The number of hydrogen-bond acceptors (Lipinski definition) is 5. The lowest BCUT2D eigenvalue weighted by molar-refractivity contribution is -0.160. The van der Waals surface area contributed by atoms with Gasteiger partial charge in [-0.25, -0.2) is 9.18 Å². The van der Waals surface area contributed by atoms with Crippen molar-refractivity contribution in [2.24, 2.45) is 5.41 Å². The predicted octanol–water partition coefficient (Wildman–Crippen LogP) is 7.63. The van der Waals surface area contributed by atoms with Gasteiger partial charge in [0.25, 0.3) is 0 Å². The average Bonchev–Trinajstić information content (AvgIpc) is 2.92. The first-order valence-corrected chi connectivity index (χ1v) is 15.5. The molecule has 1 N–H and O–H groups in total. The molecule has 0 unspecified atom stereocenters. The van der Waals surface area contributed by atoms with Crippen LogP contribution in [0.15, 0.2) is 42.6 Å². The van der Waals surface area contributed by atoms with E-state index in [-0.39, 0.29) is 11.2 Å². The summed E-state index contributed by atoms with van der Waals surface area (Å²) in [5.74, 6) is -1.20. The topological polar surface area (TPSA) is 65.9 Å². The average molecular weight is 588 g/mol. The number of ether oxygens (including phenoxy) is 1. The molecule has 43 heavy (non-hydrogen) atoms. The Morgan fingerprint density at radius 3 is 2.44 bits per heavy atom. The summed E-state index contributed by atoms with van der Waals surface area (Å²) in [6, 6.07) is 11.7. The fourth-order valence-corrected chi connectivity index (χ4v) is 6.39. The Kier molecular flexibility index (Phi) is 8.70. The van der Waals surface area contributed by atoms with E-state index in [1.54, 1.807) is 12.1 Å². The molecule has 1 aromatic heterocycles. The maximum Gasteiger partial charge on any atom is 0.337 e. The first-order chi connectivity index (χ1) is 20.2. The highest BCUT2D eigenvalue weighted by Crippen LogP contribution is 2.44. The molecule has 3 aromatic rings. The second kappa shape index (κ2) is 12.0. The summed E-state index contributed by atoms with van der Waals surface area (Å²) in [4.78, 5) is 22.2. The van der Waals surface area contributed by atoms with Gasteiger partial charge in [0, 0.05) is 55.7 Å². The number of carboxylic acids is 1. The van der Waals surface area contributed by atoms with Gasteiger partial charge in [-0.3, -0.25) is 9.88 Å². The molecule has 6 nitrogen and oxygen atoms in total. The minimum atomic E-state index is -1.13. The van der Waals surface area contributed by atoms with Crippen LogP contribution in [0.4, 0.5) is 10.1 Å². The molecule has 0 saturated carbocycles. The summed E-state index contributed by atoms with van der Waals surface area (Å²) >= 11 is 0. The van der Waals surface area contributed by atoms with Crippen molar-refractivity contribution in [1.82, 2.24) is 9.88 Å². The molecule has 0 aliphatic carbocycles. The number of nitrogens with zero attached hydrogens (tertiary/aromatic N) is 3. The molecule has 7 heteroatoms. The standard InChI is InChI=1S/C36H46FN3O3/c1-23-18-29(37)11-10-27(23)21-39-15-12-25-19-26(8-9-28(25)22-39)30-20-38-24(2)31(33(34(41)42)43-35(3,4)5)32(30)40-16-13-36(6,7)14-17-40/h8-11,18-20,33H,12-17,21-22H2,1-7H3,(H,41,42)/t33-/m0/s1. The highest BCUT2D eigenvalue weighted by atomic mass is 19.1. The van der Waals surface area contributed by atoms with E-state index in [1.165, 1.54) is 11.1 Å². The van der Waals surface area contributed by atoms with Crippen molar-refractivity contribution in [1.29, 1.82) is 0 Å². The molecule has 230 valence electrons. The van der Waals surface area contributed by atoms with Gasteiger partial charge in [-0.15, -0.1) is 0 Å². The summed E-state index contributed by atoms with van der Waals surface area (Å²) in [5, 5.41) is 10.4. The van der Waals surface area contributed by atoms with E-state index < -0.39 is 17.7 Å². The van der Waals surface area contributed by atoms with E-state index in [1.807, 2.05) is 46.9 Å². The van der Waals surface area contributed by atoms with Crippen molar-refractivity contribution in [3.8, 4) is 11.1 Å². The van der Waals surface area contributed by atoms with Crippen molar-refractivity contribution in [3.05, 3.63) is 81.9 Å². The fourth-order valence-electron chi connectivity index (χ4n) is 6.39. The molecule has 2 aliphatic heterocycles. The number of hydrogen-bond donors (Lipinski definition) is 1. The second-order valence-electron chi connectivity index (χ2n) is 14.1. The Hall–Kier alpha value is -3.29. The molecule has 1 fully saturated rings. The lowest BCUT2D eigenvalue weighted by Gasteiger charge is -2.41. The van der Waals surface area contributed by atoms with E-state index in [0.29, 0.717) is 11.3 Å². The highest BCUT2D eigenvalue weighted by Gasteiger charge is 2.36. The van der Waals surface area contributed by atoms with Crippen LogP contribution in [0.1, 0.15) is 87.1 Å². The number of carboxylic acid groups (broad SMARTS) is 1. The van der Waals surface area contributed by atoms with Crippen LogP contribution in [0.25, 0.3) is 11.1 Å². The van der Waals surface area contributed by atoms with E-state index in [0.717, 1.165) is 79.9 Å². The summed E-state index contributed by atoms with van der Waals surface area (Å²) in [6.07, 6.45) is 3.75. The molecule has 0 bridgehead atoms. The summed E-state index contributed by atoms with van der Waals surface area (Å²) in [7, 11) is 0. The van der Waals surface area contributed by atoms with Gasteiger partial charge in [-0.2, -0.15) is 0 Å². The van der Waals surface area contributed by atoms with Crippen LogP contribution < -0.4 is 4.90 Å². The highest BCUT2D eigenvalue weighted by molar-refractivity contribution is 5.86. The van der Waals surface area contributed by atoms with Gasteiger partial charge in [0.1, 0.15) is 5.82 Å². The van der Waals surface area contributed by atoms with Gasteiger partial charge in [0.15, 0.2) is 6.10 Å². The normalized spacial score (nSPS) is 17.9. The quantitative estimate of drug-likeness (QED) is 0.307. The molecular weight excluding hydrogens is 541 g/mol. The Morgan fingerprint density at radius 1 is 1.07 bits per heavy atom. The molecule has 1 atom stereocenters. The Bertz CT molecular complexity index is 1500. The number of halogens is 1. The number of aliphatic carboxylic acids is 1. The molecule has 3 heterocycles. The maximum absolute atomic E-state index is 13.6. The monoisotopic (exact) mass is 587 g/mol. The van der Waals surface area contributed by atoms with Crippen molar-refractivity contribution < 1.29 is 19.0 Å². The zero-order valence-electron chi connectivity index (χ0n) is 26.8. The minimum absolute atomic E-state index is 0.196. The van der Waals surface area contributed by atoms with Gasteiger partial charge in [0.2, 0.25) is 0 Å². The predicted molar refractivity (Wildman–Crippen MR) is 170 cm³/mol. The van der Waals surface area contributed by atoms with Gasteiger partial charge < -0.3 is 14.7 Å². The molecule has 1 saturated heterocycles. The lowest BCUT2D eigenvalue weighted by Crippen LogP contribution is -2.39. The van der Waals surface area contributed by atoms with Gasteiger partial charge in [-0.1, -0.05) is 38.1 Å². The number of aromatic nitrogens is 1.